The highest BCUT2D eigenvalue weighted by molar-refractivity contribution is 7.99. The van der Waals surface area contributed by atoms with E-state index >= 15 is 0 Å². The van der Waals surface area contributed by atoms with Gasteiger partial charge in [-0.1, -0.05) is 29.4 Å². The van der Waals surface area contributed by atoms with Gasteiger partial charge in [-0.3, -0.25) is 0 Å². The molecule has 1 aliphatic carbocycles. The van der Waals surface area contributed by atoms with Crippen LogP contribution in [-0.4, -0.2) is 27.7 Å². The summed E-state index contributed by atoms with van der Waals surface area (Å²) in [6.07, 6.45) is 1.01. The summed E-state index contributed by atoms with van der Waals surface area (Å²) in [7, 11) is 0. The molecule has 2 N–H and O–H groups in total. The number of hydrogen-bond acceptors (Lipinski definition) is 5. The third-order valence-corrected chi connectivity index (χ3v) is 5.28. The van der Waals surface area contributed by atoms with Gasteiger partial charge < -0.3 is 10.3 Å². The van der Waals surface area contributed by atoms with E-state index < -0.39 is 0 Å². The highest BCUT2D eigenvalue weighted by Crippen LogP contribution is 2.39. The lowest BCUT2D eigenvalue weighted by atomic mass is 9.77. The van der Waals surface area contributed by atoms with Crippen LogP contribution in [-0.2, 0) is 6.42 Å². The predicted molar refractivity (Wildman–Crippen MR) is 74.3 cm³/mol. The van der Waals surface area contributed by atoms with E-state index in [9.17, 15) is 0 Å². The molecule has 0 spiro atoms. The van der Waals surface area contributed by atoms with Gasteiger partial charge in [-0.05, 0) is 17.5 Å². The second-order valence-corrected chi connectivity index (χ2v) is 6.33. The molecule has 1 aliphatic heterocycles. The zero-order valence-corrected chi connectivity index (χ0v) is 11.3. The quantitative estimate of drug-likeness (QED) is 0.905. The van der Waals surface area contributed by atoms with Crippen LogP contribution in [0, 0.1) is 0 Å². The summed E-state index contributed by atoms with van der Waals surface area (Å²) < 4.78 is 5.44. The maximum absolute atomic E-state index is 6.07. The fraction of sp³-hybridized carbons (Fsp3) is 0.429. The molecule has 1 saturated heterocycles. The first kappa shape index (κ1) is 11.5. The van der Waals surface area contributed by atoms with E-state index in [2.05, 4.69) is 34.4 Å². The minimum absolute atomic E-state index is 0.145. The van der Waals surface area contributed by atoms with Crippen LogP contribution in [0.5, 0.6) is 0 Å². The van der Waals surface area contributed by atoms with Crippen LogP contribution >= 0.6 is 11.8 Å². The molecular formula is C14H15N3OS. The number of benzene rings is 1. The molecule has 1 aromatic carbocycles. The second kappa shape index (κ2) is 4.35. The number of rotatable bonds is 2. The fourth-order valence-electron chi connectivity index (χ4n) is 2.85. The molecule has 2 heterocycles. The van der Waals surface area contributed by atoms with E-state index in [1.165, 1.54) is 11.1 Å². The molecule has 3 atom stereocenters. The van der Waals surface area contributed by atoms with Crippen LogP contribution in [0.1, 0.15) is 34.7 Å². The molecule has 2 aliphatic rings. The van der Waals surface area contributed by atoms with Crippen molar-refractivity contribution in [2.24, 2.45) is 5.73 Å². The van der Waals surface area contributed by atoms with Crippen LogP contribution in [0.4, 0.5) is 0 Å². The fourth-order valence-corrected chi connectivity index (χ4v) is 4.14. The first-order valence-corrected chi connectivity index (χ1v) is 7.73. The van der Waals surface area contributed by atoms with E-state index in [-0.39, 0.29) is 12.0 Å². The monoisotopic (exact) mass is 273 g/mol. The van der Waals surface area contributed by atoms with Gasteiger partial charge in [0.15, 0.2) is 5.82 Å². The summed E-state index contributed by atoms with van der Waals surface area (Å²) in [6.45, 7) is 0. The molecule has 4 nitrogen and oxygen atoms in total. The number of fused-ring (bicyclic) bond motifs is 1. The van der Waals surface area contributed by atoms with Crippen LogP contribution in [0.3, 0.4) is 0 Å². The van der Waals surface area contributed by atoms with Crippen molar-refractivity contribution in [1.29, 1.82) is 0 Å². The minimum Gasteiger partial charge on any atom is -0.339 e. The van der Waals surface area contributed by atoms with Crippen molar-refractivity contribution in [3.05, 3.63) is 47.1 Å². The second-order valence-electron chi connectivity index (χ2n) is 5.25. The van der Waals surface area contributed by atoms with Gasteiger partial charge in [0.05, 0.1) is 11.8 Å². The molecule has 1 fully saturated rings. The summed E-state index contributed by atoms with van der Waals surface area (Å²) in [5.74, 6) is 4.04. The Balaban J connectivity index is 1.60. The number of thioether (sulfide) groups is 1. The Labute approximate surface area is 115 Å². The molecule has 0 saturated carbocycles. The van der Waals surface area contributed by atoms with E-state index in [0.29, 0.717) is 5.92 Å². The molecule has 0 radical (unpaired) electrons. The van der Waals surface area contributed by atoms with Crippen molar-refractivity contribution in [2.45, 2.75) is 24.3 Å². The van der Waals surface area contributed by atoms with Crippen molar-refractivity contribution >= 4 is 11.8 Å². The molecule has 1 aromatic heterocycles. The third kappa shape index (κ3) is 1.80. The number of nitrogens with two attached hydrogens (primary N) is 1. The lowest BCUT2D eigenvalue weighted by Crippen LogP contribution is -2.27. The van der Waals surface area contributed by atoms with Crippen molar-refractivity contribution in [3.8, 4) is 0 Å². The summed E-state index contributed by atoms with van der Waals surface area (Å²) in [6, 6.07) is 8.60. The molecule has 2 aromatic rings. The van der Waals surface area contributed by atoms with Gasteiger partial charge in [0.25, 0.3) is 0 Å². The number of aromatic nitrogens is 2. The van der Waals surface area contributed by atoms with Crippen LogP contribution in [0.15, 0.2) is 28.8 Å². The molecule has 4 rings (SSSR count). The average molecular weight is 273 g/mol. The average Bonchev–Trinajstić information content (AvgIpc) is 3.00. The highest BCUT2D eigenvalue weighted by atomic mass is 32.2. The van der Waals surface area contributed by atoms with Gasteiger partial charge in [0, 0.05) is 17.5 Å². The normalized spacial score (nSPS) is 29.0. The van der Waals surface area contributed by atoms with Crippen molar-refractivity contribution < 1.29 is 4.52 Å². The van der Waals surface area contributed by atoms with Crippen molar-refractivity contribution in [2.75, 3.05) is 11.5 Å². The summed E-state index contributed by atoms with van der Waals surface area (Å²) in [4.78, 5) is 4.59. The Morgan fingerprint density at radius 2 is 2.16 bits per heavy atom. The van der Waals surface area contributed by atoms with Gasteiger partial charge in [0.1, 0.15) is 0 Å². The Bertz CT molecular complexity index is 612. The van der Waals surface area contributed by atoms with E-state index in [4.69, 9.17) is 10.3 Å². The maximum atomic E-state index is 6.07. The Kier molecular flexibility index (Phi) is 2.63. The number of hydrogen-bond donors (Lipinski definition) is 1. The standard InChI is InChI=1S/C14H15N3OS/c15-12-7-19-6-11(12)14-16-13(17-18-14)10-5-8-3-1-2-4-9(8)10/h1-4,10-12H,5-7,15H2. The molecule has 3 unspecified atom stereocenters. The molecule has 0 amide bonds. The maximum Gasteiger partial charge on any atom is 0.232 e. The largest absolute Gasteiger partial charge is 0.339 e. The summed E-state index contributed by atoms with van der Waals surface area (Å²) in [5, 5.41) is 4.17. The van der Waals surface area contributed by atoms with Gasteiger partial charge in [0.2, 0.25) is 5.89 Å². The smallest absolute Gasteiger partial charge is 0.232 e. The summed E-state index contributed by atoms with van der Waals surface area (Å²) in [5.41, 5.74) is 8.80. The first-order chi connectivity index (χ1) is 9.33. The third-order valence-electron chi connectivity index (χ3n) is 4.07. The molecule has 98 valence electrons. The van der Waals surface area contributed by atoms with E-state index in [0.717, 1.165) is 29.6 Å². The first-order valence-electron chi connectivity index (χ1n) is 6.57. The zero-order valence-electron chi connectivity index (χ0n) is 10.5. The minimum atomic E-state index is 0.145. The van der Waals surface area contributed by atoms with E-state index in [1.807, 2.05) is 11.8 Å². The zero-order chi connectivity index (χ0) is 12.8. The highest BCUT2D eigenvalue weighted by Gasteiger charge is 2.34. The molecule has 0 bridgehead atoms. The Morgan fingerprint density at radius 1 is 1.26 bits per heavy atom. The van der Waals surface area contributed by atoms with Crippen LogP contribution in [0.2, 0.25) is 0 Å². The molecule has 19 heavy (non-hydrogen) atoms. The van der Waals surface area contributed by atoms with Gasteiger partial charge in [-0.2, -0.15) is 16.7 Å². The van der Waals surface area contributed by atoms with E-state index in [1.54, 1.807) is 0 Å². The lowest BCUT2D eigenvalue weighted by Gasteiger charge is -2.27. The van der Waals surface area contributed by atoms with Crippen LogP contribution in [0.25, 0.3) is 0 Å². The van der Waals surface area contributed by atoms with Gasteiger partial charge in [-0.15, -0.1) is 0 Å². The Hall–Kier alpha value is -1.33. The van der Waals surface area contributed by atoms with Gasteiger partial charge in [-0.25, -0.2) is 0 Å². The van der Waals surface area contributed by atoms with Gasteiger partial charge >= 0.3 is 0 Å². The van der Waals surface area contributed by atoms with Crippen molar-refractivity contribution in [1.82, 2.24) is 10.1 Å². The predicted octanol–water partition coefficient (Wildman–Crippen LogP) is 1.92. The lowest BCUT2D eigenvalue weighted by molar-refractivity contribution is 0.346. The molecular weight excluding hydrogens is 258 g/mol. The van der Waals surface area contributed by atoms with Crippen molar-refractivity contribution in [3.63, 3.8) is 0 Å². The van der Waals surface area contributed by atoms with Crippen LogP contribution < -0.4 is 5.73 Å². The molecule has 5 heteroatoms. The number of nitrogens with zero attached hydrogens (tertiary/aromatic N) is 2. The summed E-state index contributed by atoms with van der Waals surface area (Å²) >= 11 is 1.86. The topological polar surface area (TPSA) is 64.9 Å². The Morgan fingerprint density at radius 3 is 2.95 bits per heavy atom. The SMILES string of the molecule is NC1CSCC1c1nc(C2Cc3ccccc32)no1.